The van der Waals surface area contributed by atoms with Crippen LogP contribution in [0.3, 0.4) is 0 Å². The Morgan fingerprint density at radius 2 is 2.09 bits per heavy atom. The van der Waals surface area contributed by atoms with Crippen molar-refractivity contribution in [1.29, 1.82) is 0 Å². The highest BCUT2D eigenvalue weighted by Gasteiger charge is 2.28. The second-order valence-electron chi connectivity index (χ2n) is 7.29. The van der Waals surface area contributed by atoms with Crippen molar-refractivity contribution in [2.75, 3.05) is 18.2 Å². The molecule has 3 aromatic rings. The number of hydrogen-bond donors (Lipinski definition) is 1. The standard InChI is InChI=1S/C23H24N4O4S2/c1-3-12-27-18(13-31-15-8-5-4-6-9-15)25-26-23(27)32-14-19(28)24-21-20(22(29)30-2)16-10-7-11-17(16)33-21/h3-6,8-9H,1,7,10-14H2,2H3,(H,24,28). The summed E-state index contributed by atoms with van der Waals surface area (Å²) < 4.78 is 12.6. The Balaban J connectivity index is 1.41. The number of ether oxygens (including phenoxy) is 2. The number of esters is 1. The first-order valence-corrected chi connectivity index (χ1v) is 12.3. The van der Waals surface area contributed by atoms with Gasteiger partial charge >= 0.3 is 5.97 Å². The number of carbonyl (C=O) groups is 2. The summed E-state index contributed by atoms with van der Waals surface area (Å²) in [4.78, 5) is 26.1. The van der Waals surface area contributed by atoms with Crippen LogP contribution in [0.5, 0.6) is 5.75 Å². The van der Waals surface area contributed by atoms with Gasteiger partial charge in [0.05, 0.1) is 18.4 Å². The molecule has 1 aliphatic rings. The Hall–Kier alpha value is -3.11. The van der Waals surface area contributed by atoms with Gasteiger partial charge in [-0.3, -0.25) is 9.36 Å². The number of aryl methyl sites for hydroxylation is 1. The van der Waals surface area contributed by atoms with Crippen LogP contribution in [0, 0.1) is 0 Å². The van der Waals surface area contributed by atoms with Crippen LogP contribution in [0.25, 0.3) is 0 Å². The predicted octanol–water partition coefficient (Wildman–Crippen LogP) is 4.11. The summed E-state index contributed by atoms with van der Waals surface area (Å²) >= 11 is 2.73. The highest BCUT2D eigenvalue weighted by molar-refractivity contribution is 7.99. The third kappa shape index (κ3) is 5.28. The second-order valence-corrected chi connectivity index (χ2v) is 9.34. The average Bonchev–Trinajstić information content (AvgIpc) is 3.52. The maximum Gasteiger partial charge on any atom is 0.341 e. The largest absolute Gasteiger partial charge is 0.486 e. The number of benzene rings is 1. The van der Waals surface area contributed by atoms with Crippen LogP contribution in [0.1, 0.15) is 33.0 Å². The fourth-order valence-electron chi connectivity index (χ4n) is 3.61. The van der Waals surface area contributed by atoms with Crippen LogP contribution in [0.4, 0.5) is 5.00 Å². The third-order valence-corrected chi connectivity index (χ3v) is 7.29. The SMILES string of the molecule is C=CCn1c(COc2ccccc2)nnc1SCC(=O)Nc1sc2c(c1C(=O)OC)CCC2. The lowest BCUT2D eigenvalue weighted by molar-refractivity contribution is -0.113. The predicted molar refractivity (Wildman–Crippen MR) is 128 cm³/mol. The molecular formula is C23H24N4O4S2. The number of rotatable bonds is 10. The van der Waals surface area contributed by atoms with E-state index in [1.807, 2.05) is 34.9 Å². The van der Waals surface area contributed by atoms with Crippen molar-refractivity contribution < 1.29 is 19.1 Å². The number of para-hydroxylation sites is 1. The van der Waals surface area contributed by atoms with E-state index in [0.29, 0.717) is 28.1 Å². The van der Waals surface area contributed by atoms with Gasteiger partial charge in [-0.05, 0) is 37.0 Å². The molecule has 4 rings (SSSR count). The number of nitrogens with one attached hydrogen (secondary N) is 1. The number of hydrogen-bond acceptors (Lipinski definition) is 8. The van der Waals surface area contributed by atoms with E-state index in [4.69, 9.17) is 9.47 Å². The van der Waals surface area contributed by atoms with Crippen LogP contribution in [0.2, 0.25) is 0 Å². The van der Waals surface area contributed by atoms with Crippen LogP contribution in [0.15, 0.2) is 48.1 Å². The van der Waals surface area contributed by atoms with Gasteiger partial charge in [0.15, 0.2) is 11.0 Å². The van der Waals surface area contributed by atoms with Crippen molar-refractivity contribution in [1.82, 2.24) is 14.8 Å². The maximum absolute atomic E-state index is 12.7. The monoisotopic (exact) mass is 484 g/mol. The van der Waals surface area contributed by atoms with Crippen molar-refractivity contribution in [2.45, 2.75) is 37.6 Å². The lowest BCUT2D eigenvalue weighted by Crippen LogP contribution is -2.17. The molecule has 1 amide bonds. The molecule has 2 aromatic heterocycles. The van der Waals surface area contributed by atoms with Crippen molar-refractivity contribution in [3.05, 3.63) is 64.8 Å². The van der Waals surface area contributed by atoms with E-state index in [1.165, 1.54) is 30.2 Å². The van der Waals surface area contributed by atoms with Gasteiger partial charge in [-0.15, -0.1) is 28.1 Å². The summed E-state index contributed by atoms with van der Waals surface area (Å²) in [6.07, 6.45) is 4.52. The Morgan fingerprint density at radius 1 is 1.27 bits per heavy atom. The van der Waals surface area contributed by atoms with Gasteiger partial charge in [-0.25, -0.2) is 4.79 Å². The molecule has 1 aliphatic carbocycles. The fraction of sp³-hybridized carbons (Fsp3) is 0.304. The fourth-order valence-corrected chi connectivity index (χ4v) is 5.67. The zero-order chi connectivity index (χ0) is 23.2. The van der Waals surface area contributed by atoms with Gasteiger partial charge in [0.2, 0.25) is 5.91 Å². The van der Waals surface area contributed by atoms with Crippen molar-refractivity contribution in [2.24, 2.45) is 0 Å². The molecule has 10 heteroatoms. The number of thioether (sulfide) groups is 1. The highest BCUT2D eigenvalue weighted by atomic mass is 32.2. The smallest absolute Gasteiger partial charge is 0.341 e. The van der Waals surface area contributed by atoms with E-state index in [0.717, 1.165) is 35.5 Å². The summed E-state index contributed by atoms with van der Waals surface area (Å²) in [6, 6.07) is 9.47. The molecule has 172 valence electrons. The molecule has 1 N–H and O–H groups in total. The highest BCUT2D eigenvalue weighted by Crippen LogP contribution is 2.39. The van der Waals surface area contributed by atoms with Crippen LogP contribution >= 0.6 is 23.1 Å². The van der Waals surface area contributed by atoms with Gasteiger partial charge < -0.3 is 14.8 Å². The van der Waals surface area contributed by atoms with E-state index in [9.17, 15) is 9.59 Å². The van der Waals surface area contributed by atoms with Crippen molar-refractivity contribution >= 4 is 40.0 Å². The van der Waals surface area contributed by atoms with E-state index in [2.05, 4.69) is 22.1 Å². The first kappa shape index (κ1) is 23.1. The summed E-state index contributed by atoms with van der Waals surface area (Å²) in [7, 11) is 1.36. The molecule has 0 aliphatic heterocycles. The minimum Gasteiger partial charge on any atom is -0.486 e. The van der Waals surface area contributed by atoms with Gasteiger partial charge in [-0.1, -0.05) is 36.0 Å². The van der Waals surface area contributed by atoms with Crippen LogP contribution in [-0.2, 0) is 35.5 Å². The second kappa shape index (κ2) is 10.7. The molecule has 0 saturated heterocycles. The lowest BCUT2D eigenvalue weighted by Gasteiger charge is -2.09. The molecule has 0 saturated carbocycles. The first-order chi connectivity index (χ1) is 16.1. The van der Waals surface area contributed by atoms with Crippen molar-refractivity contribution in [3.63, 3.8) is 0 Å². The molecule has 33 heavy (non-hydrogen) atoms. The zero-order valence-electron chi connectivity index (χ0n) is 18.2. The number of fused-ring (bicyclic) bond motifs is 1. The summed E-state index contributed by atoms with van der Waals surface area (Å²) in [5.74, 6) is 0.872. The minimum absolute atomic E-state index is 0.123. The molecule has 0 radical (unpaired) electrons. The van der Waals surface area contributed by atoms with Crippen LogP contribution < -0.4 is 10.1 Å². The molecule has 0 fully saturated rings. The normalized spacial score (nSPS) is 12.3. The van der Waals surface area contributed by atoms with Gasteiger partial charge in [0, 0.05) is 11.4 Å². The number of thiophene rings is 1. The average molecular weight is 485 g/mol. The molecule has 1 aromatic carbocycles. The van der Waals surface area contributed by atoms with E-state index >= 15 is 0 Å². The Kier molecular flexibility index (Phi) is 7.46. The topological polar surface area (TPSA) is 95.3 Å². The van der Waals surface area contributed by atoms with Crippen molar-refractivity contribution in [3.8, 4) is 5.75 Å². The summed E-state index contributed by atoms with van der Waals surface area (Å²) in [5.41, 5.74) is 1.49. The number of anilines is 1. The van der Waals surface area contributed by atoms with Gasteiger partial charge in [0.25, 0.3) is 0 Å². The summed E-state index contributed by atoms with van der Waals surface area (Å²) in [6.45, 7) is 4.54. The van der Waals surface area contributed by atoms with E-state index in [1.54, 1.807) is 6.08 Å². The third-order valence-electron chi connectivity index (χ3n) is 5.11. The Morgan fingerprint density at radius 3 is 2.85 bits per heavy atom. The molecule has 0 atom stereocenters. The quantitative estimate of drug-likeness (QED) is 0.263. The number of methoxy groups -OCH3 is 1. The number of nitrogens with zero attached hydrogens (tertiary/aromatic N) is 3. The summed E-state index contributed by atoms with van der Waals surface area (Å²) in [5, 5.41) is 12.5. The number of amides is 1. The molecular weight excluding hydrogens is 460 g/mol. The molecule has 0 bridgehead atoms. The van der Waals surface area contributed by atoms with E-state index in [-0.39, 0.29) is 18.3 Å². The molecule has 8 nitrogen and oxygen atoms in total. The first-order valence-electron chi connectivity index (χ1n) is 10.5. The van der Waals surface area contributed by atoms with Crippen LogP contribution in [-0.4, -0.2) is 39.5 Å². The van der Waals surface area contributed by atoms with Gasteiger partial charge in [0.1, 0.15) is 17.4 Å². The number of aromatic nitrogens is 3. The Labute approximate surface area is 200 Å². The van der Waals surface area contributed by atoms with Gasteiger partial charge in [-0.2, -0.15) is 0 Å². The maximum atomic E-state index is 12.7. The molecule has 2 heterocycles. The molecule has 0 spiro atoms. The lowest BCUT2D eigenvalue weighted by atomic mass is 10.1. The molecule has 0 unspecified atom stereocenters. The minimum atomic E-state index is -0.411. The number of carbonyl (C=O) groups excluding carboxylic acids is 2. The number of allylic oxidation sites excluding steroid dienone is 1. The zero-order valence-corrected chi connectivity index (χ0v) is 19.8. The van der Waals surface area contributed by atoms with E-state index < -0.39 is 5.97 Å². The Bertz CT molecular complexity index is 1160.